The van der Waals surface area contributed by atoms with E-state index in [1.165, 1.54) is 0 Å². The van der Waals surface area contributed by atoms with Crippen LogP contribution in [-0.4, -0.2) is 24.4 Å². The molecule has 0 fully saturated rings. The van der Waals surface area contributed by atoms with Crippen LogP contribution >= 0.6 is 0 Å². The minimum Gasteiger partial charge on any atom is -0.491 e. The molecule has 0 aliphatic rings. The van der Waals surface area contributed by atoms with Crippen LogP contribution in [-0.2, 0) is 0 Å². The van der Waals surface area contributed by atoms with Crippen molar-refractivity contribution in [3.05, 3.63) is 29.8 Å². The third kappa shape index (κ3) is 4.80. The first-order valence-corrected chi connectivity index (χ1v) is 7.51. The number of aliphatic hydroxyl groups excluding tert-OH is 1. The first-order chi connectivity index (χ1) is 9.41. The van der Waals surface area contributed by atoms with E-state index in [9.17, 15) is 5.11 Å². The lowest BCUT2D eigenvalue weighted by molar-refractivity contribution is 0.132. The summed E-state index contributed by atoms with van der Waals surface area (Å²) < 4.78 is 5.86. The third-order valence-electron chi connectivity index (χ3n) is 3.82. The van der Waals surface area contributed by atoms with Gasteiger partial charge >= 0.3 is 0 Å². The Bertz CT molecular complexity index is 400. The van der Waals surface area contributed by atoms with Crippen LogP contribution in [0.5, 0.6) is 5.75 Å². The molecule has 1 aromatic carbocycles. The maximum absolute atomic E-state index is 9.48. The second-order valence-electron chi connectivity index (χ2n) is 6.13. The summed E-state index contributed by atoms with van der Waals surface area (Å²) in [7, 11) is 0. The molecule has 2 atom stereocenters. The predicted molar refractivity (Wildman–Crippen MR) is 84.1 cm³/mol. The number of hydrogen-bond donors (Lipinski definition) is 2. The van der Waals surface area contributed by atoms with Gasteiger partial charge in [-0.05, 0) is 33.3 Å². The molecule has 0 radical (unpaired) electrons. The summed E-state index contributed by atoms with van der Waals surface area (Å²) in [6.45, 7) is 11.4. The Labute approximate surface area is 123 Å². The Morgan fingerprint density at radius 1 is 1.25 bits per heavy atom. The zero-order chi connectivity index (χ0) is 15.2. The van der Waals surface area contributed by atoms with Crippen molar-refractivity contribution >= 4 is 0 Å². The highest BCUT2D eigenvalue weighted by atomic mass is 16.5. The smallest absolute Gasteiger partial charge is 0.124 e. The number of para-hydroxylation sites is 1. The third-order valence-corrected chi connectivity index (χ3v) is 3.82. The SMILES string of the molecule is CCC(C)(CO)CNC(C)c1ccccc1OC(C)C. The second-order valence-corrected chi connectivity index (χ2v) is 6.13. The van der Waals surface area contributed by atoms with Crippen molar-refractivity contribution in [1.29, 1.82) is 0 Å². The highest BCUT2D eigenvalue weighted by Crippen LogP contribution is 2.27. The molecule has 1 rings (SSSR count). The van der Waals surface area contributed by atoms with Gasteiger partial charge in [-0.2, -0.15) is 0 Å². The fourth-order valence-corrected chi connectivity index (χ4v) is 2.00. The minimum absolute atomic E-state index is 0.0674. The van der Waals surface area contributed by atoms with Crippen LogP contribution in [0.25, 0.3) is 0 Å². The topological polar surface area (TPSA) is 41.5 Å². The molecule has 114 valence electrons. The number of hydrogen-bond acceptors (Lipinski definition) is 3. The summed E-state index contributed by atoms with van der Waals surface area (Å²) in [6, 6.07) is 8.34. The average Bonchev–Trinajstić information content (AvgIpc) is 2.44. The van der Waals surface area contributed by atoms with E-state index < -0.39 is 0 Å². The van der Waals surface area contributed by atoms with E-state index in [0.717, 1.165) is 24.3 Å². The van der Waals surface area contributed by atoms with Gasteiger partial charge in [0.15, 0.2) is 0 Å². The quantitative estimate of drug-likeness (QED) is 0.765. The zero-order valence-corrected chi connectivity index (χ0v) is 13.4. The van der Waals surface area contributed by atoms with Crippen LogP contribution < -0.4 is 10.1 Å². The molecule has 3 nitrogen and oxygen atoms in total. The molecular weight excluding hydrogens is 250 g/mol. The molecule has 0 heterocycles. The summed E-state index contributed by atoms with van der Waals surface area (Å²) in [5.74, 6) is 0.935. The van der Waals surface area contributed by atoms with Gasteiger partial charge < -0.3 is 15.2 Å². The summed E-state index contributed by atoms with van der Waals surface area (Å²) >= 11 is 0. The Morgan fingerprint density at radius 2 is 1.90 bits per heavy atom. The van der Waals surface area contributed by atoms with Gasteiger partial charge in [0.25, 0.3) is 0 Å². The molecule has 0 bridgehead atoms. The Kier molecular flexibility index (Phi) is 6.50. The van der Waals surface area contributed by atoms with E-state index in [4.69, 9.17) is 4.74 Å². The van der Waals surface area contributed by atoms with Crippen LogP contribution in [0.3, 0.4) is 0 Å². The van der Waals surface area contributed by atoms with Crippen LogP contribution in [0, 0.1) is 5.41 Å². The predicted octanol–water partition coefficient (Wildman–Crippen LogP) is 3.53. The monoisotopic (exact) mass is 279 g/mol. The highest BCUT2D eigenvalue weighted by molar-refractivity contribution is 5.35. The molecule has 0 amide bonds. The molecule has 2 unspecified atom stereocenters. The summed E-state index contributed by atoms with van der Waals surface area (Å²) in [5, 5.41) is 13.0. The molecule has 3 heteroatoms. The summed E-state index contributed by atoms with van der Waals surface area (Å²) in [5.41, 5.74) is 1.10. The lowest BCUT2D eigenvalue weighted by Gasteiger charge is -2.29. The van der Waals surface area contributed by atoms with Crippen LogP contribution in [0.1, 0.15) is 52.6 Å². The molecule has 2 N–H and O–H groups in total. The molecular formula is C17H29NO2. The number of benzene rings is 1. The van der Waals surface area contributed by atoms with Crippen molar-refractivity contribution in [1.82, 2.24) is 5.32 Å². The van der Waals surface area contributed by atoms with Gasteiger partial charge in [0.05, 0.1) is 6.10 Å². The summed E-state index contributed by atoms with van der Waals surface area (Å²) in [6.07, 6.45) is 1.12. The van der Waals surface area contributed by atoms with Crippen LogP contribution in [0.2, 0.25) is 0 Å². The lowest BCUT2D eigenvalue weighted by atomic mass is 9.88. The Morgan fingerprint density at radius 3 is 2.45 bits per heavy atom. The molecule has 0 aliphatic heterocycles. The molecule has 0 saturated carbocycles. The highest BCUT2D eigenvalue weighted by Gasteiger charge is 2.22. The maximum atomic E-state index is 9.48. The van der Waals surface area contributed by atoms with Crippen molar-refractivity contribution in [3.8, 4) is 5.75 Å². The minimum atomic E-state index is -0.0674. The van der Waals surface area contributed by atoms with Gasteiger partial charge in [0.1, 0.15) is 5.75 Å². The van der Waals surface area contributed by atoms with E-state index in [2.05, 4.69) is 32.2 Å². The first-order valence-electron chi connectivity index (χ1n) is 7.51. The summed E-state index contributed by atoms with van der Waals surface area (Å²) in [4.78, 5) is 0. The van der Waals surface area contributed by atoms with Gasteiger partial charge in [0.2, 0.25) is 0 Å². The van der Waals surface area contributed by atoms with Gasteiger partial charge in [-0.1, -0.05) is 32.0 Å². The van der Waals surface area contributed by atoms with Crippen LogP contribution in [0.15, 0.2) is 24.3 Å². The van der Waals surface area contributed by atoms with E-state index in [1.807, 2.05) is 32.0 Å². The average molecular weight is 279 g/mol. The Hall–Kier alpha value is -1.06. The van der Waals surface area contributed by atoms with Crippen molar-refractivity contribution < 1.29 is 9.84 Å². The molecule has 20 heavy (non-hydrogen) atoms. The molecule has 1 aromatic rings. The molecule has 0 saturated heterocycles. The first kappa shape index (κ1) is 17.0. The number of ether oxygens (including phenoxy) is 1. The van der Waals surface area contributed by atoms with Gasteiger partial charge in [-0.25, -0.2) is 0 Å². The fraction of sp³-hybridized carbons (Fsp3) is 0.647. The number of nitrogens with one attached hydrogen (secondary N) is 1. The zero-order valence-electron chi connectivity index (χ0n) is 13.4. The van der Waals surface area contributed by atoms with Crippen molar-refractivity contribution in [2.75, 3.05) is 13.2 Å². The fourth-order valence-electron chi connectivity index (χ4n) is 2.00. The van der Waals surface area contributed by atoms with Gasteiger partial charge in [0, 0.05) is 30.2 Å². The molecule has 0 aromatic heterocycles. The van der Waals surface area contributed by atoms with Crippen molar-refractivity contribution in [2.45, 2.75) is 53.2 Å². The largest absolute Gasteiger partial charge is 0.491 e. The van der Waals surface area contributed by atoms with E-state index in [-0.39, 0.29) is 24.2 Å². The van der Waals surface area contributed by atoms with E-state index >= 15 is 0 Å². The molecule has 0 aliphatic carbocycles. The number of rotatable bonds is 8. The normalized spacial score (nSPS) is 15.9. The van der Waals surface area contributed by atoms with Gasteiger partial charge in [-0.3, -0.25) is 0 Å². The van der Waals surface area contributed by atoms with Crippen molar-refractivity contribution in [3.63, 3.8) is 0 Å². The standard InChI is InChI=1S/C17H29NO2/c1-6-17(5,12-19)11-18-14(4)15-9-7-8-10-16(15)20-13(2)3/h7-10,13-14,18-19H,6,11-12H2,1-5H3. The number of aliphatic hydroxyl groups is 1. The van der Waals surface area contributed by atoms with Gasteiger partial charge in [-0.15, -0.1) is 0 Å². The van der Waals surface area contributed by atoms with Crippen molar-refractivity contribution in [2.24, 2.45) is 5.41 Å². The molecule has 0 spiro atoms. The van der Waals surface area contributed by atoms with E-state index in [1.54, 1.807) is 0 Å². The van der Waals surface area contributed by atoms with Crippen LogP contribution in [0.4, 0.5) is 0 Å². The van der Waals surface area contributed by atoms with E-state index in [0.29, 0.717) is 0 Å². The maximum Gasteiger partial charge on any atom is 0.124 e. The lowest BCUT2D eigenvalue weighted by Crippen LogP contribution is -2.35. The second kappa shape index (κ2) is 7.65. The Balaban J connectivity index is 2.74.